The zero-order valence-electron chi connectivity index (χ0n) is 23.6. The largest absolute Gasteiger partial charge is 0.508 e. The summed E-state index contributed by atoms with van der Waals surface area (Å²) in [5.41, 5.74) is 2.45. The van der Waals surface area contributed by atoms with Gasteiger partial charge >= 0.3 is 0 Å². The quantitative estimate of drug-likeness (QED) is 0.110. The van der Waals surface area contributed by atoms with E-state index in [-0.39, 0.29) is 11.5 Å². The summed E-state index contributed by atoms with van der Waals surface area (Å²) >= 11 is 3.58. The summed E-state index contributed by atoms with van der Waals surface area (Å²) in [4.78, 5) is 3.62. The molecule has 0 saturated carbocycles. The van der Waals surface area contributed by atoms with Gasteiger partial charge in [-0.1, -0.05) is 53.4 Å². The second kappa shape index (κ2) is 13.7. The van der Waals surface area contributed by atoms with Crippen LogP contribution in [0.4, 0.5) is 5.69 Å². The molecule has 8 heteroatoms. The lowest BCUT2D eigenvalue weighted by molar-refractivity contribution is -0.669. The van der Waals surface area contributed by atoms with Crippen LogP contribution in [-0.4, -0.2) is 30.0 Å². The number of anilines is 1. The van der Waals surface area contributed by atoms with Crippen LogP contribution in [0.3, 0.4) is 0 Å². The Kier molecular flexibility index (Phi) is 9.16. The van der Waals surface area contributed by atoms with Crippen molar-refractivity contribution < 1.29 is 24.3 Å². The number of thiazole rings is 1. The number of hydrogen-bond acceptors (Lipinski definition) is 7. The molecule has 0 aliphatic carbocycles. The second-order valence-corrected chi connectivity index (χ2v) is 12.2. The summed E-state index contributed by atoms with van der Waals surface area (Å²) in [5, 5.41) is 21.4. The van der Waals surface area contributed by atoms with Crippen molar-refractivity contribution in [2.75, 3.05) is 24.7 Å². The third-order valence-corrected chi connectivity index (χ3v) is 9.28. The molecule has 1 aliphatic rings. The van der Waals surface area contributed by atoms with Crippen molar-refractivity contribution in [3.05, 3.63) is 119 Å². The van der Waals surface area contributed by atoms with Gasteiger partial charge in [0.1, 0.15) is 27.7 Å². The van der Waals surface area contributed by atoms with Crippen LogP contribution in [0.1, 0.15) is 17.8 Å². The van der Waals surface area contributed by atoms with Crippen molar-refractivity contribution in [3.8, 4) is 23.0 Å². The van der Waals surface area contributed by atoms with Crippen molar-refractivity contribution in [2.24, 2.45) is 0 Å². The van der Waals surface area contributed by atoms with Crippen LogP contribution in [0.15, 0.2) is 119 Å². The van der Waals surface area contributed by atoms with Gasteiger partial charge in [0.15, 0.2) is 6.54 Å². The number of hydrogen-bond donors (Lipinski definition) is 2. The normalized spacial score (nSPS) is 13.7. The van der Waals surface area contributed by atoms with E-state index in [1.165, 1.54) is 30.8 Å². The molecule has 1 aliphatic heterocycles. The minimum absolute atomic E-state index is 0.238. The highest BCUT2D eigenvalue weighted by Crippen LogP contribution is 2.45. The highest BCUT2D eigenvalue weighted by molar-refractivity contribution is 8.03. The highest BCUT2D eigenvalue weighted by atomic mass is 32.2. The van der Waals surface area contributed by atoms with Crippen LogP contribution < -0.4 is 18.9 Å². The molecule has 0 saturated heterocycles. The lowest BCUT2D eigenvalue weighted by atomic mass is 10.2. The summed E-state index contributed by atoms with van der Waals surface area (Å²) in [5.74, 6) is 2.00. The van der Waals surface area contributed by atoms with Crippen LogP contribution in [0.25, 0.3) is 16.3 Å². The predicted molar refractivity (Wildman–Crippen MR) is 175 cm³/mol. The SMILES string of the molecule is Oc1ccc(OCCCN2C(=CC=Cc3sc4ccccc4[n+]3CCCOc3ccc(O)cc3)Sc3ccccc32)cc1. The molecule has 0 unspecified atom stereocenters. The first-order valence-corrected chi connectivity index (χ1v) is 16.0. The number of aromatic hydroxyl groups is 2. The summed E-state index contributed by atoms with van der Waals surface area (Å²) in [6, 6.07) is 30.7. The van der Waals surface area contributed by atoms with Crippen LogP contribution in [0.5, 0.6) is 23.0 Å². The van der Waals surface area contributed by atoms with Crippen molar-refractivity contribution in [1.82, 2.24) is 0 Å². The molecule has 4 aromatic carbocycles. The number of aromatic nitrogens is 1. The molecule has 218 valence electrons. The number of thioether (sulfide) groups is 1. The van der Waals surface area contributed by atoms with Gasteiger partial charge in [0.2, 0.25) is 5.52 Å². The molecule has 1 aromatic heterocycles. The summed E-state index contributed by atoms with van der Waals surface area (Å²) in [7, 11) is 0. The molecule has 2 heterocycles. The smallest absolute Gasteiger partial charge is 0.262 e. The van der Waals surface area contributed by atoms with E-state index in [1.54, 1.807) is 71.6 Å². The molecule has 6 rings (SSSR count). The highest BCUT2D eigenvalue weighted by Gasteiger charge is 2.24. The number of rotatable bonds is 12. The average Bonchev–Trinajstić information content (AvgIpc) is 3.56. The summed E-state index contributed by atoms with van der Waals surface area (Å²) < 4.78 is 15.4. The van der Waals surface area contributed by atoms with E-state index in [0.717, 1.165) is 37.4 Å². The van der Waals surface area contributed by atoms with Crippen molar-refractivity contribution in [3.63, 3.8) is 0 Å². The maximum Gasteiger partial charge on any atom is 0.262 e. The number of benzene rings is 4. The topological polar surface area (TPSA) is 66.0 Å². The minimum atomic E-state index is 0.238. The molecular weight excluding hydrogens is 577 g/mol. The second-order valence-electron chi connectivity index (χ2n) is 10.0. The zero-order chi connectivity index (χ0) is 29.4. The molecule has 0 spiro atoms. The standard InChI is InChI=1S/C35H32N2O4S2/c38-26-14-18-28(19-15-26)40-24-6-22-36-30-8-1-3-10-32(30)42-34(36)12-5-13-35-37(31-9-2-4-11-33(31)43-35)23-7-25-41-29-20-16-27(39)17-21-29/h1-5,8-21H,6-7,22-25H2,(H-,38,39)/p+1. The predicted octanol–water partition coefficient (Wildman–Crippen LogP) is 8.01. The van der Waals surface area contributed by atoms with E-state index in [4.69, 9.17) is 9.47 Å². The van der Waals surface area contributed by atoms with Gasteiger partial charge in [-0.3, -0.25) is 0 Å². The van der Waals surface area contributed by atoms with Gasteiger partial charge in [-0.2, -0.15) is 4.57 Å². The van der Waals surface area contributed by atoms with Gasteiger partial charge in [-0.05, 0) is 79.2 Å². The number of allylic oxidation sites excluding steroid dienone is 2. The Balaban J connectivity index is 1.13. The van der Waals surface area contributed by atoms with Gasteiger partial charge < -0.3 is 24.6 Å². The molecule has 6 nitrogen and oxygen atoms in total. The van der Waals surface area contributed by atoms with Gasteiger partial charge in [-0.25, -0.2) is 0 Å². The van der Waals surface area contributed by atoms with Crippen LogP contribution in [0, 0.1) is 0 Å². The van der Waals surface area contributed by atoms with E-state index in [2.05, 4.69) is 76.2 Å². The number of ether oxygens (including phenoxy) is 2. The number of nitrogens with zero attached hydrogens (tertiary/aromatic N) is 2. The fraction of sp³-hybridized carbons (Fsp3) is 0.171. The Labute approximate surface area is 259 Å². The Bertz CT molecular complexity index is 1730. The van der Waals surface area contributed by atoms with E-state index >= 15 is 0 Å². The first kappa shape index (κ1) is 28.7. The maximum absolute atomic E-state index is 9.50. The Morgan fingerprint density at radius 3 is 2.14 bits per heavy atom. The maximum atomic E-state index is 9.50. The van der Waals surface area contributed by atoms with Gasteiger partial charge in [0.25, 0.3) is 5.01 Å². The van der Waals surface area contributed by atoms with Gasteiger partial charge in [0, 0.05) is 30.0 Å². The monoisotopic (exact) mass is 609 g/mol. The van der Waals surface area contributed by atoms with Gasteiger partial charge in [0.05, 0.1) is 23.9 Å². The zero-order valence-corrected chi connectivity index (χ0v) is 25.3. The van der Waals surface area contributed by atoms with Gasteiger partial charge in [-0.15, -0.1) is 0 Å². The molecule has 2 N–H and O–H groups in total. The fourth-order valence-electron chi connectivity index (χ4n) is 4.94. The van der Waals surface area contributed by atoms with E-state index in [1.807, 2.05) is 0 Å². The molecule has 5 aromatic rings. The van der Waals surface area contributed by atoms with Crippen LogP contribution in [-0.2, 0) is 6.54 Å². The molecule has 0 bridgehead atoms. The first-order valence-electron chi connectivity index (χ1n) is 14.3. The van der Waals surface area contributed by atoms with Crippen molar-refractivity contribution in [2.45, 2.75) is 24.3 Å². The number of phenols is 2. The average molecular weight is 610 g/mol. The molecule has 0 amide bonds. The lowest BCUT2D eigenvalue weighted by Gasteiger charge is -2.20. The minimum Gasteiger partial charge on any atom is -0.508 e. The van der Waals surface area contributed by atoms with E-state index in [9.17, 15) is 10.2 Å². The summed E-state index contributed by atoms with van der Waals surface area (Å²) in [6.45, 7) is 2.86. The van der Waals surface area contributed by atoms with Crippen molar-refractivity contribution >= 4 is 45.1 Å². The molecule has 0 fully saturated rings. The third kappa shape index (κ3) is 7.16. The number of fused-ring (bicyclic) bond motifs is 2. The number of para-hydroxylation sites is 2. The first-order chi connectivity index (χ1) is 21.1. The molecular formula is C35H33N2O4S2+. The molecule has 43 heavy (non-hydrogen) atoms. The van der Waals surface area contributed by atoms with E-state index < -0.39 is 0 Å². The van der Waals surface area contributed by atoms with Crippen molar-refractivity contribution in [1.29, 1.82) is 0 Å². The summed E-state index contributed by atoms with van der Waals surface area (Å²) in [6.07, 6.45) is 8.28. The number of phenolic OH excluding ortho intramolecular Hbond substituents is 2. The Morgan fingerprint density at radius 2 is 1.40 bits per heavy atom. The Morgan fingerprint density at radius 1 is 0.744 bits per heavy atom. The fourth-order valence-corrected chi connectivity index (χ4v) is 7.14. The number of aryl methyl sites for hydroxylation is 1. The third-order valence-electron chi connectivity index (χ3n) is 7.01. The van der Waals surface area contributed by atoms with Crippen LogP contribution in [0.2, 0.25) is 0 Å². The lowest BCUT2D eigenvalue weighted by Crippen LogP contribution is -2.35. The van der Waals surface area contributed by atoms with E-state index in [0.29, 0.717) is 13.2 Å². The molecule has 0 atom stereocenters. The molecule has 0 radical (unpaired) electrons. The van der Waals surface area contributed by atoms with Crippen LogP contribution >= 0.6 is 23.1 Å². The Hall–Kier alpha value is -4.40.